The molecule has 2 amide bonds. The van der Waals surface area contributed by atoms with E-state index in [0.717, 1.165) is 0 Å². The Morgan fingerprint density at radius 1 is 1.33 bits per heavy atom. The first kappa shape index (κ1) is 13.7. The second kappa shape index (κ2) is 6.27. The third-order valence-electron chi connectivity index (χ3n) is 2.00. The summed E-state index contributed by atoms with van der Waals surface area (Å²) in [6, 6.07) is -0.146. The Kier molecular flexibility index (Phi) is 5.74. The third-order valence-corrected chi connectivity index (χ3v) is 2.00. The van der Waals surface area contributed by atoms with Crippen molar-refractivity contribution in [3.8, 4) is 0 Å². The largest absolute Gasteiger partial charge is 0.481 e. The summed E-state index contributed by atoms with van der Waals surface area (Å²) >= 11 is 0. The zero-order valence-corrected chi connectivity index (χ0v) is 9.78. The van der Waals surface area contributed by atoms with Gasteiger partial charge in [-0.15, -0.1) is 0 Å². The Balaban J connectivity index is 4.24. The van der Waals surface area contributed by atoms with Gasteiger partial charge in [-0.2, -0.15) is 0 Å². The molecule has 0 saturated carbocycles. The third kappa shape index (κ3) is 5.24. The van der Waals surface area contributed by atoms with Crippen molar-refractivity contribution in [3.63, 3.8) is 0 Å². The lowest BCUT2D eigenvalue weighted by Gasteiger charge is -2.24. The van der Waals surface area contributed by atoms with Crippen LogP contribution in [0.2, 0.25) is 0 Å². The number of aliphatic carboxylic acids is 1. The molecule has 0 aliphatic heterocycles. The fraction of sp³-hybridized carbons (Fsp3) is 0.800. The molecule has 0 aromatic carbocycles. The van der Waals surface area contributed by atoms with E-state index in [1.165, 1.54) is 4.90 Å². The van der Waals surface area contributed by atoms with Gasteiger partial charge in [-0.3, -0.25) is 4.79 Å². The van der Waals surface area contributed by atoms with Crippen LogP contribution in [0.4, 0.5) is 4.79 Å². The monoisotopic (exact) mass is 216 g/mol. The normalized spacial score (nSPS) is 12.3. The molecule has 0 rings (SSSR count). The smallest absolute Gasteiger partial charge is 0.317 e. The molecule has 5 nitrogen and oxygen atoms in total. The molecular formula is C10H20N2O3. The van der Waals surface area contributed by atoms with E-state index in [9.17, 15) is 9.59 Å². The van der Waals surface area contributed by atoms with E-state index in [4.69, 9.17) is 5.11 Å². The number of urea groups is 1. The molecule has 0 aliphatic carbocycles. The second-order valence-electron chi connectivity index (χ2n) is 3.88. The van der Waals surface area contributed by atoms with E-state index in [1.54, 1.807) is 6.92 Å². The van der Waals surface area contributed by atoms with E-state index in [-0.39, 0.29) is 18.6 Å². The van der Waals surface area contributed by atoms with E-state index < -0.39 is 11.9 Å². The minimum atomic E-state index is -0.884. The fourth-order valence-electron chi connectivity index (χ4n) is 1.10. The predicted molar refractivity (Wildman–Crippen MR) is 57.7 cm³/mol. The van der Waals surface area contributed by atoms with Crippen molar-refractivity contribution in [2.24, 2.45) is 5.92 Å². The lowest BCUT2D eigenvalue weighted by molar-refractivity contribution is -0.141. The van der Waals surface area contributed by atoms with Crippen molar-refractivity contribution < 1.29 is 14.7 Å². The van der Waals surface area contributed by atoms with Crippen molar-refractivity contribution >= 4 is 12.0 Å². The van der Waals surface area contributed by atoms with Crippen molar-refractivity contribution in [2.75, 3.05) is 13.1 Å². The molecule has 0 fully saturated rings. The minimum Gasteiger partial charge on any atom is -0.481 e. The van der Waals surface area contributed by atoms with E-state index in [1.807, 2.05) is 20.8 Å². The van der Waals surface area contributed by atoms with E-state index >= 15 is 0 Å². The lowest BCUT2D eigenvalue weighted by atomic mass is 10.2. The number of carboxylic acid groups (broad SMARTS) is 1. The number of hydrogen-bond donors (Lipinski definition) is 2. The van der Waals surface area contributed by atoms with Gasteiger partial charge in [0.1, 0.15) is 0 Å². The topological polar surface area (TPSA) is 69.6 Å². The molecule has 0 radical (unpaired) electrons. The van der Waals surface area contributed by atoms with Gasteiger partial charge in [0.15, 0.2) is 0 Å². The van der Waals surface area contributed by atoms with Gasteiger partial charge in [-0.1, -0.05) is 6.92 Å². The average molecular weight is 216 g/mol. The Bertz CT molecular complexity index is 229. The Hall–Kier alpha value is -1.26. The highest BCUT2D eigenvalue weighted by molar-refractivity contribution is 5.76. The standard InChI is InChI=1S/C10H20N2O3/c1-5-12(6-8(4)9(13)14)10(15)11-7(2)3/h7-8H,5-6H2,1-4H3,(H,11,15)(H,13,14). The van der Waals surface area contributed by atoms with Crippen LogP contribution >= 0.6 is 0 Å². The van der Waals surface area contributed by atoms with Crippen LogP contribution in [0.5, 0.6) is 0 Å². The zero-order valence-electron chi connectivity index (χ0n) is 9.78. The molecule has 0 heterocycles. The Morgan fingerprint density at radius 2 is 1.87 bits per heavy atom. The van der Waals surface area contributed by atoms with Crippen LogP contribution in [-0.2, 0) is 4.79 Å². The van der Waals surface area contributed by atoms with Gasteiger partial charge in [-0.05, 0) is 20.8 Å². The molecule has 0 spiro atoms. The lowest BCUT2D eigenvalue weighted by Crippen LogP contribution is -2.45. The molecule has 88 valence electrons. The van der Waals surface area contributed by atoms with Crippen LogP contribution in [0, 0.1) is 5.92 Å². The number of carboxylic acids is 1. The number of carbonyl (C=O) groups excluding carboxylic acids is 1. The number of carbonyl (C=O) groups is 2. The molecule has 5 heteroatoms. The summed E-state index contributed by atoms with van der Waals surface area (Å²) in [7, 11) is 0. The Labute approximate surface area is 90.5 Å². The summed E-state index contributed by atoms with van der Waals surface area (Å²) in [6.45, 7) is 7.90. The molecule has 15 heavy (non-hydrogen) atoms. The number of nitrogens with one attached hydrogen (secondary N) is 1. The summed E-state index contributed by atoms with van der Waals surface area (Å²) in [5, 5.41) is 11.5. The Morgan fingerprint density at radius 3 is 2.20 bits per heavy atom. The molecule has 0 bridgehead atoms. The quantitative estimate of drug-likeness (QED) is 0.724. The molecule has 0 aliphatic rings. The van der Waals surface area contributed by atoms with Crippen LogP contribution in [-0.4, -0.2) is 41.1 Å². The summed E-state index contributed by atoms with van der Waals surface area (Å²) in [6.07, 6.45) is 0. The van der Waals surface area contributed by atoms with Gasteiger partial charge >= 0.3 is 12.0 Å². The van der Waals surface area contributed by atoms with Gasteiger partial charge in [0.05, 0.1) is 5.92 Å². The van der Waals surface area contributed by atoms with Gasteiger partial charge in [0, 0.05) is 19.1 Å². The molecule has 0 aromatic rings. The summed E-state index contributed by atoms with van der Waals surface area (Å²) in [5.74, 6) is -1.42. The van der Waals surface area contributed by atoms with Crippen molar-refractivity contribution in [2.45, 2.75) is 33.7 Å². The van der Waals surface area contributed by atoms with Crippen molar-refractivity contribution in [1.82, 2.24) is 10.2 Å². The highest BCUT2D eigenvalue weighted by Gasteiger charge is 2.19. The summed E-state index contributed by atoms with van der Waals surface area (Å²) in [5.41, 5.74) is 0. The van der Waals surface area contributed by atoms with Crippen molar-refractivity contribution in [1.29, 1.82) is 0 Å². The maximum Gasteiger partial charge on any atom is 0.317 e. The van der Waals surface area contributed by atoms with Crippen LogP contribution in [0.1, 0.15) is 27.7 Å². The fourth-order valence-corrected chi connectivity index (χ4v) is 1.10. The van der Waals surface area contributed by atoms with E-state index in [2.05, 4.69) is 5.32 Å². The molecule has 2 N–H and O–H groups in total. The first-order valence-electron chi connectivity index (χ1n) is 5.16. The first-order valence-corrected chi connectivity index (χ1v) is 5.16. The molecule has 0 aromatic heterocycles. The highest BCUT2D eigenvalue weighted by Crippen LogP contribution is 2.01. The number of amides is 2. The average Bonchev–Trinajstić information content (AvgIpc) is 2.11. The minimum absolute atomic E-state index is 0.0617. The van der Waals surface area contributed by atoms with Gasteiger partial charge in [0.2, 0.25) is 0 Å². The second-order valence-corrected chi connectivity index (χ2v) is 3.88. The predicted octanol–water partition coefficient (Wildman–Crippen LogP) is 1.15. The van der Waals surface area contributed by atoms with Crippen LogP contribution < -0.4 is 5.32 Å². The molecule has 1 unspecified atom stereocenters. The highest BCUT2D eigenvalue weighted by atomic mass is 16.4. The van der Waals surface area contributed by atoms with Gasteiger partial charge < -0.3 is 15.3 Å². The summed E-state index contributed by atoms with van der Waals surface area (Å²) < 4.78 is 0. The molecular weight excluding hydrogens is 196 g/mol. The summed E-state index contributed by atoms with van der Waals surface area (Å²) in [4.78, 5) is 23.7. The SMILES string of the molecule is CCN(CC(C)C(=O)O)C(=O)NC(C)C. The number of hydrogen-bond acceptors (Lipinski definition) is 2. The molecule has 0 saturated heterocycles. The van der Waals surface area contributed by atoms with Crippen LogP contribution in [0.15, 0.2) is 0 Å². The van der Waals surface area contributed by atoms with Crippen LogP contribution in [0.25, 0.3) is 0 Å². The van der Waals surface area contributed by atoms with Crippen LogP contribution in [0.3, 0.4) is 0 Å². The maximum absolute atomic E-state index is 11.6. The first-order chi connectivity index (χ1) is 6.88. The van der Waals surface area contributed by atoms with E-state index in [0.29, 0.717) is 6.54 Å². The van der Waals surface area contributed by atoms with Gasteiger partial charge in [0.25, 0.3) is 0 Å². The number of nitrogens with zero attached hydrogens (tertiary/aromatic N) is 1. The molecule has 1 atom stereocenters. The van der Waals surface area contributed by atoms with Gasteiger partial charge in [-0.25, -0.2) is 4.79 Å². The van der Waals surface area contributed by atoms with Crippen molar-refractivity contribution in [3.05, 3.63) is 0 Å². The number of rotatable bonds is 5. The maximum atomic E-state index is 11.6. The zero-order chi connectivity index (χ0) is 12.0.